The van der Waals surface area contributed by atoms with Crippen molar-refractivity contribution in [3.05, 3.63) is 58.1 Å². The van der Waals surface area contributed by atoms with Crippen LogP contribution in [0.3, 0.4) is 0 Å². The lowest BCUT2D eigenvalue weighted by Crippen LogP contribution is -2.58. The van der Waals surface area contributed by atoms with Crippen LogP contribution < -0.4 is 5.32 Å². The first-order valence-corrected chi connectivity index (χ1v) is 11.7. The third-order valence-electron chi connectivity index (χ3n) is 5.49. The predicted molar refractivity (Wildman–Crippen MR) is 115 cm³/mol. The van der Waals surface area contributed by atoms with E-state index in [1.54, 1.807) is 0 Å². The summed E-state index contributed by atoms with van der Waals surface area (Å²) in [6, 6.07) is 12.3. The first kappa shape index (κ1) is 21.4. The summed E-state index contributed by atoms with van der Waals surface area (Å²) in [5.74, 6) is -1.27. The number of carbonyl (C=O) groups is 1. The summed E-state index contributed by atoms with van der Waals surface area (Å²) in [5.41, 5.74) is 1.29. The van der Waals surface area contributed by atoms with Crippen LogP contribution >= 0.6 is 23.2 Å². The number of sulfonamides is 1. The topological polar surface area (TPSA) is 89.9 Å². The van der Waals surface area contributed by atoms with Gasteiger partial charge in [0, 0.05) is 30.7 Å². The summed E-state index contributed by atoms with van der Waals surface area (Å²) in [5, 5.41) is 12.7. The molecule has 2 aromatic carbocycles. The second-order valence-electron chi connectivity index (χ2n) is 7.48. The maximum absolute atomic E-state index is 13.4. The van der Waals surface area contributed by atoms with Gasteiger partial charge in [-0.15, -0.1) is 0 Å². The molecule has 4 rings (SSSR count). The average molecular weight is 470 g/mol. The Labute approximate surface area is 185 Å². The Morgan fingerprint density at radius 2 is 1.80 bits per heavy atom. The molecule has 2 aliphatic rings. The molecule has 1 saturated heterocycles. The Hall–Kier alpha value is -1.84. The van der Waals surface area contributed by atoms with Gasteiger partial charge in [0.15, 0.2) is 6.17 Å². The SMILES string of the molecule is O=C(O)C1Nc2cc(Cl)cc(Cl)c2S(=O)(=O)N1C1CCN(Cc2ccccc2)CC1. The molecule has 2 heterocycles. The smallest absolute Gasteiger partial charge is 0.342 e. The largest absolute Gasteiger partial charge is 0.479 e. The zero-order chi connectivity index (χ0) is 21.5. The van der Waals surface area contributed by atoms with Gasteiger partial charge in [-0.3, -0.25) is 4.90 Å². The number of hydrogen-bond acceptors (Lipinski definition) is 5. The standard InChI is InChI=1S/C20H21Cl2N3O4S/c21-14-10-16(22)18-17(11-14)23-19(20(26)27)25(30(18,28)29)15-6-8-24(9-7-15)12-13-4-2-1-3-5-13/h1-5,10-11,15,19,23H,6-9,12H2,(H,26,27). The van der Waals surface area contributed by atoms with E-state index in [2.05, 4.69) is 22.3 Å². The van der Waals surface area contributed by atoms with Crippen molar-refractivity contribution < 1.29 is 18.3 Å². The number of nitrogens with zero attached hydrogens (tertiary/aromatic N) is 2. The summed E-state index contributed by atoms with van der Waals surface area (Å²) in [7, 11) is -4.12. The molecule has 0 bridgehead atoms. The van der Waals surface area contributed by atoms with Gasteiger partial charge in [0.2, 0.25) is 10.0 Å². The molecule has 1 atom stereocenters. The van der Waals surface area contributed by atoms with Crippen LogP contribution in [0.5, 0.6) is 0 Å². The molecule has 2 aliphatic heterocycles. The van der Waals surface area contributed by atoms with Crippen LogP contribution in [0.1, 0.15) is 18.4 Å². The first-order chi connectivity index (χ1) is 14.3. The number of fused-ring (bicyclic) bond motifs is 1. The zero-order valence-corrected chi connectivity index (χ0v) is 18.3. The van der Waals surface area contributed by atoms with Gasteiger partial charge in [0.05, 0.1) is 10.7 Å². The number of carboxylic acids is 1. The van der Waals surface area contributed by atoms with Crippen LogP contribution in [0.15, 0.2) is 47.4 Å². The summed E-state index contributed by atoms with van der Waals surface area (Å²) in [4.78, 5) is 14.1. The molecule has 160 valence electrons. The van der Waals surface area contributed by atoms with Crippen LogP contribution in [-0.2, 0) is 21.4 Å². The van der Waals surface area contributed by atoms with E-state index in [4.69, 9.17) is 23.2 Å². The van der Waals surface area contributed by atoms with E-state index in [0.29, 0.717) is 25.9 Å². The van der Waals surface area contributed by atoms with Crippen molar-refractivity contribution in [2.45, 2.75) is 36.5 Å². The number of hydrogen-bond donors (Lipinski definition) is 2. The molecule has 1 fully saturated rings. The number of carboxylic acid groups (broad SMARTS) is 1. The molecule has 7 nitrogen and oxygen atoms in total. The fraction of sp³-hybridized carbons (Fsp3) is 0.350. The number of piperidine rings is 1. The number of anilines is 1. The lowest BCUT2D eigenvalue weighted by molar-refractivity contribution is -0.141. The minimum atomic E-state index is -4.12. The third-order valence-corrected chi connectivity index (χ3v) is 8.14. The molecular formula is C20H21Cl2N3O4S. The molecule has 2 N–H and O–H groups in total. The number of benzene rings is 2. The van der Waals surface area contributed by atoms with E-state index >= 15 is 0 Å². The second kappa shape index (κ2) is 8.36. The van der Waals surface area contributed by atoms with Crippen LogP contribution in [0, 0.1) is 0 Å². The van der Waals surface area contributed by atoms with Gasteiger partial charge >= 0.3 is 5.97 Å². The average Bonchev–Trinajstić information content (AvgIpc) is 2.68. The molecular weight excluding hydrogens is 449 g/mol. The number of likely N-dealkylation sites (tertiary alicyclic amines) is 1. The van der Waals surface area contributed by atoms with Crippen LogP contribution in [0.4, 0.5) is 5.69 Å². The van der Waals surface area contributed by atoms with Gasteiger partial charge in [-0.2, -0.15) is 4.31 Å². The fourth-order valence-electron chi connectivity index (χ4n) is 4.14. The molecule has 0 aliphatic carbocycles. The molecule has 10 heteroatoms. The van der Waals surface area contributed by atoms with Gasteiger partial charge in [-0.25, -0.2) is 13.2 Å². The maximum atomic E-state index is 13.4. The number of halogens is 2. The normalized spacial score (nSPS) is 22.3. The Balaban J connectivity index is 1.59. The van der Waals surface area contributed by atoms with Crippen LogP contribution in [0.25, 0.3) is 0 Å². The summed E-state index contributed by atoms with van der Waals surface area (Å²) >= 11 is 12.2. The van der Waals surface area contributed by atoms with Crippen molar-refractivity contribution in [1.29, 1.82) is 0 Å². The number of rotatable bonds is 4. The highest BCUT2D eigenvalue weighted by Crippen LogP contribution is 2.41. The zero-order valence-electron chi connectivity index (χ0n) is 16.0. The Morgan fingerprint density at radius 1 is 1.13 bits per heavy atom. The molecule has 0 aromatic heterocycles. The van der Waals surface area contributed by atoms with Gasteiger partial charge in [0.25, 0.3) is 0 Å². The highest BCUT2D eigenvalue weighted by Gasteiger charge is 2.47. The quantitative estimate of drug-likeness (QED) is 0.711. The minimum Gasteiger partial charge on any atom is -0.479 e. The highest BCUT2D eigenvalue weighted by atomic mass is 35.5. The van der Waals surface area contributed by atoms with Crippen molar-refractivity contribution in [2.75, 3.05) is 18.4 Å². The highest BCUT2D eigenvalue weighted by molar-refractivity contribution is 7.89. The third kappa shape index (κ3) is 4.02. The van der Waals surface area contributed by atoms with Crippen molar-refractivity contribution in [3.63, 3.8) is 0 Å². The van der Waals surface area contributed by atoms with Gasteiger partial charge in [-0.05, 0) is 30.5 Å². The molecule has 30 heavy (non-hydrogen) atoms. The van der Waals surface area contributed by atoms with E-state index < -0.39 is 28.2 Å². The molecule has 0 amide bonds. The van der Waals surface area contributed by atoms with Gasteiger partial charge in [0.1, 0.15) is 4.90 Å². The summed E-state index contributed by atoms with van der Waals surface area (Å²) < 4.78 is 27.9. The molecule has 1 unspecified atom stereocenters. The van der Waals surface area contributed by atoms with E-state index in [-0.39, 0.29) is 20.6 Å². The number of aliphatic carboxylic acids is 1. The molecule has 0 saturated carbocycles. The van der Waals surface area contributed by atoms with E-state index in [1.807, 2.05) is 18.2 Å². The lowest BCUT2D eigenvalue weighted by atomic mass is 10.0. The van der Waals surface area contributed by atoms with Crippen molar-refractivity contribution in [3.8, 4) is 0 Å². The summed E-state index contributed by atoms with van der Waals surface area (Å²) in [6.07, 6.45) is -0.362. The van der Waals surface area contributed by atoms with E-state index in [1.165, 1.54) is 17.7 Å². The first-order valence-electron chi connectivity index (χ1n) is 9.55. The maximum Gasteiger partial charge on any atom is 0.342 e. The Kier molecular flexibility index (Phi) is 5.96. The Morgan fingerprint density at radius 3 is 2.43 bits per heavy atom. The lowest BCUT2D eigenvalue weighted by Gasteiger charge is -2.43. The second-order valence-corrected chi connectivity index (χ2v) is 10.1. The fourth-order valence-corrected chi connectivity index (χ4v) is 6.86. The van der Waals surface area contributed by atoms with Crippen LogP contribution in [0.2, 0.25) is 10.0 Å². The van der Waals surface area contributed by atoms with E-state index in [9.17, 15) is 18.3 Å². The summed E-state index contributed by atoms with van der Waals surface area (Å²) in [6.45, 7) is 2.10. The van der Waals surface area contributed by atoms with Crippen molar-refractivity contribution in [1.82, 2.24) is 9.21 Å². The van der Waals surface area contributed by atoms with Crippen molar-refractivity contribution >= 4 is 44.9 Å². The predicted octanol–water partition coefficient (Wildman–Crippen LogP) is 3.48. The minimum absolute atomic E-state index is 0.0275. The van der Waals surface area contributed by atoms with Crippen molar-refractivity contribution in [2.24, 2.45) is 0 Å². The Bertz CT molecular complexity index is 1060. The van der Waals surface area contributed by atoms with Gasteiger partial charge < -0.3 is 10.4 Å². The molecule has 2 aromatic rings. The van der Waals surface area contributed by atoms with Crippen LogP contribution in [-0.4, -0.2) is 54.0 Å². The molecule has 0 radical (unpaired) electrons. The van der Waals surface area contributed by atoms with E-state index in [0.717, 1.165) is 10.8 Å². The van der Waals surface area contributed by atoms with Gasteiger partial charge in [-0.1, -0.05) is 53.5 Å². The monoisotopic (exact) mass is 469 g/mol. The molecule has 0 spiro atoms. The number of nitrogens with one attached hydrogen (secondary N) is 1.